The van der Waals surface area contributed by atoms with Gasteiger partial charge in [0, 0.05) is 6.54 Å². The fourth-order valence-corrected chi connectivity index (χ4v) is 3.54. The van der Waals surface area contributed by atoms with Gasteiger partial charge in [0.25, 0.3) is 0 Å². The van der Waals surface area contributed by atoms with E-state index in [-0.39, 0.29) is 0 Å². The summed E-state index contributed by atoms with van der Waals surface area (Å²) in [6.07, 6.45) is 2.85. The van der Waals surface area contributed by atoms with E-state index >= 15 is 0 Å². The van der Waals surface area contributed by atoms with Gasteiger partial charge in [-0.05, 0) is 52.5 Å². The van der Waals surface area contributed by atoms with Crippen LogP contribution in [0.3, 0.4) is 0 Å². The molecule has 1 atom stereocenters. The number of hydrogen-bond donors (Lipinski definition) is 1. The average molecular weight is 296 g/mol. The minimum atomic E-state index is 0.725. The third kappa shape index (κ3) is 3.01. The summed E-state index contributed by atoms with van der Waals surface area (Å²) in [5.74, 6) is 3.24. The van der Waals surface area contributed by atoms with E-state index in [4.69, 9.17) is 11.6 Å². The van der Waals surface area contributed by atoms with Crippen molar-refractivity contribution >= 4 is 29.1 Å². The van der Waals surface area contributed by atoms with E-state index in [1.54, 1.807) is 11.0 Å². The van der Waals surface area contributed by atoms with Crippen LogP contribution in [0.1, 0.15) is 6.42 Å². The zero-order chi connectivity index (χ0) is 13.1. The van der Waals surface area contributed by atoms with Crippen molar-refractivity contribution in [3.8, 4) is 5.69 Å². The molecule has 1 aliphatic rings. The Kier molecular flexibility index (Phi) is 3.89. The van der Waals surface area contributed by atoms with Crippen molar-refractivity contribution < 1.29 is 0 Å². The number of nitrogens with zero attached hydrogens (tertiary/aromatic N) is 4. The molecule has 1 saturated heterocycles. The number of thioether (sulfide) groups is 1. The molecule has 0 aliphatic carbocycles. The first-order valence-corrected chi connectivity index (χ1v) is 7.71. The molecule has 0 bridgehead atoms. The first-order chi connectivity index (χ1) is 9.33. The molecule has 100 valence electrons. The second kappa shape index (κ2) is 5.79. The second-order valence-corrected chi connectivity index (χ2v) is 6.09. The summed E-state index contributed by atoms with van der Waals surface area (Å²) in [6.45, 7) is 0.964. The van der Waals surface area contributed by atoms with Gasteiger partial charge in [-0.2, -0.15) is 11.8 Å². The maximum atomic E-state index is 6.21. The fourth-order valence-electron chi connectivity index (χ4n) is 2.07. The van der Waals surface area contributed by atoms with Gasteiger partial charge >= 0.3 is 0 Å². The van der Waals surface area contributed by atoms with Crippen molar-refractivity contribution in [2.45, 2.75) is 6.42 Å². The lowest BCUT2D eigenvalue weighted by Crippen LogP contribution is -2.13. The SMILES string of the molecule is Clc1ccc(-n2cnnn2)cc1NCC1CCSC1. The number of hydrogen-bond acceptors (Lipinski definition) is 5. The van der Waals surface area contributed by atoms with Crippen LogP contribution in [0.15, 0.2) is 24.5 Å². The van der Waals surface area contributed by atoms with Crippen LogP contribution in [-0.2, 0) is 0 Å². The number of halogens is 1. The summed E-state index contributed by atoms with van der Waals surface area (Å²) in [7, 11) is 0. The molecule has 0 saturated carbocycles. The normalized spacial score (nSPS) is 18.7. The van der Waals surface area contributed by atoms with E-state index in [9.17, 15) is 0 Å². The Bertz CT molecular complexity index is 539. The monoisotopic (exact) mass is 295 g/mol. The fraction of sp³-hybridized carbons (Fsp3) is 0.417. The number of anilines is 1. The molecular weight excluding hydrogens is 282 g/mol. The molecular formula is C12H14ClN5S. The molecule has 0 radical (unpaired) electrons. The summed E-state index contributed by atoms with van der Waals surface area (Å²) in [4.78, 5) is 0. The lowest BCUT2D eigenvalue weighted by atomic mass is 10.1. The van der Waals surface area contributed by atoms with Crippen molar-refractivity contribution in [3.63, 3.8) is 0 Å². The molecule has 2 aromatic rings. The van der Waals surface area contributed by atoms with Crippen LogP contribution in [0.25, 0.3) is 5.69 Å². The van der Waals surface area contributed by atoms with E-state index in [1.165, 1.54) is 17.9 Å². The van der Waals surface area contributed by atoms with Crippen molar-refractivity contribution in [3.05, 3.63) is 29.5 Å². The van der Waals surface area contributed by atoms with Crippen LogP contribution in [0.5, 0.6) is 0 Å². The highest BCUT2D eigenvalue weighted by Crippen LogP contribution is 2.27. The highest BCUT2D eigenvalue weighted by molar-refractivity contribution is 7.99. The van der Waals surface area contributed by atoms with Crippen molar-refractivity contribution in [2.24, 2.45) is 5.92 Å². The zero-order valence-corrected chi connectivity index (χ0v) is 11.9. The van der Waals surface area contributed by atoms with Crippen LogP contribution in [0.4, 0.5) is 5.69 Å². The maximum absolute atomic E-state index is 6.21. The average Bonchev–Trinajstić information content (AvgIpc) is 3.11. The van der Waals surface area contributed by atoms with Crippen LogP contribution in [-0.4, -0.2) is 38.3 Å². The van der Waals surface area contributed by atoms with E-state index < -0.39 is 0 Å². The van der Waals surface area contributed by atoms with E-state index in [2.05, 4.69) is 20.8 Å². The van der Waals surface area contributed by atoms with Crippen molar-refractivity contribution in [1.29, 1.82) is 0 Å². The van der Waals surface area contributed by atoms with Crippen molar-refractivity contribution in [2.75, 3.05) is 23.4 Å². The third-order valence-electron chi connectivity index (χ3n) is 3.17. The topological polar surface area (TPSA) is 55.6 Å². The molecule has 2 heterocycles. The highest BCUT2D eigenvalue weighted by atomic mass is 35.5. The lowest BCUT2D eigenvalue weighted by Gasteiger charge is -2.13. The summed E-state index contributed by atoms with van der Waals surface area (Å²) in [6, 6.07) is 5.74. The Morgan fingerprint density at radius 1 is 1.47 bits per heavy atom. The van der Waals surface area contributed by atoms with Gasteiger partial charge in [0.1, 0.15) is 6.33 Å². The molecule has 5 nitrogen and oxygen atoms in total. The minimum absolute atomic E-state index is 0.725. The molecule has 7 heteroatoms. The van der Waals surface area contributed by atoms with E-state index in [0.29, 0.717) is 0 Å². The molecule has 3 rings (SSSR count). The Labute approximate surface area is 120 Å². The molecule has 1 aromatic carbocycles. The van der Waals surface area contributed by atoms with Gasteiger partial charge in [-0.1, -0.05) is 11.6 Å². The summed E-state index contributed by atoms with van der Waals surface area (Å²) in [5, 5.41) is 15.3. The van der Waals surface area contributed by atoms with Gasteiger partial charge in [0.05, 0.1) is 16.4 Å². The molecule has 1 unspecified atom stereocenters. The Balaban J connectivity index is 1.74. The first kappa shape index (κ1) is 12.7. The van der Waals surface area contributed by atoms with Gasteiger partial charge in [-0.15, -0.1) is 5.10 Å². The number of aromatic nitrogens is 4. The first-order valence-electron chi connectivity index (χ1n) is 6.17. The Morgan fingerprint density at radius 3 is 3.16 bits per heavy atom. The van der Waals surface area contributed by atoms with Gasteiger partial charge in [-0.25, -0.2) is 4.68 Å². The minimum Gasteiger partial charge on any atom is -0.383 e. The number of tetrazole rings is 1. The van der Waals surface area contributed by atoms with E-state index in [1.807, 2.05) is 30.0 Å². The maximum Gasteiger partial charge on any atom is 0.143 e. The molecule has 1 aromatic heterocycles. The van der Waals surface area contributed by atoms with Gasteiger partial charge in [0.15, 0.2) is 0 Å². The van der Waals surface area contributed by atoms with Crippen LogP contribution >= 0.6 is 23.4 Å². The number of rotatable bonds is 4. The molecule has 0 spiro atoms. The number of nitrogens with one attached hydrogen (secondary N) is 1. The van der Waals surface area contributed by atoms with Crippen LogP contribution in [0, 0.1) is 5.92 Å². The standard InChI is InChI=1S/C12H14ClN5S/c13-11-2-1-10(18-8-15-16-17-18)5-12(11)14-6-9-3-4-19-7-9/h1-2,5,8-9,14H,3-4,6-7H2. The largest absolute Gasteiger partial charge is 0.383 e. The molecule has 1 N–H and O–H groups in total. The molecule has 19 heavy (non-hydrogen) atoms. The Hall–Kier alpha value is -1.27. The van der Waals surface area contributed by atoms with Crippen LogP contribution in [0.2, 0.25) is 5.02 Å². The quantitative estimate of drug-likeness (QED) is 0.939. The van der Waals surface area contributed by atoms with E-state index in [0.717, 1.165) is 28.9 Å². The van der Waals surface area contributed by atoms with Gasteiger partial charge < -0.3 is 5.32 Å². The molecule has 1 aliphatic heterocycles. The Morgan fingerprint density at radius 2 is 2.42 bits per heavy atom. The van der Waals surface area contributed by atoms with Crippen molar-refractivity contribution in [1.82, 2.24) is 20.2 Å². The summed E-state index contributed by atoms with van der Waals surface area (Å²) >= 11 is 8.23. The second-order valence-electron chi connectivity index (χ2n) is 4.53. The summed E-state index contributed by atoms with van der Waals surface area (Å²) < 4.78 is 1.62. The van der Waals surface area contributed by atoms with Crippen LogP contribution < -0.4 is 5.32 Å². The molecule has 0 amide bonds. The predicted molar refractivity (Wildman–Crippen MR) is 78.1 cm³/mol. The van der Waals surface area contributed by atoms with Gasteiger partial charge in [0.2, 0.25) is 0 Å². The predicted octanol–water partition coefficient (Wildman–Crippen LogP) is 2.48. The summed E-state index contributed by atoms with van der Waals surface area (Å²) in [5.41, 5.74) is 1.84. The smallest absolute Gasteiger partial charge is 0.143 e. The lowest BCUT2D eigenvalue weighted by molar-refractivity contribution is 0.632. The van der Waals surface area contributed by atoms with Gasteiger partial charge in [-0.3, -0.25) is 0 Å². The number of benzene rings is 1. The highest BCUT2D eigenvalue weighted by Gasteiger charge is 2.15. The molecule has 1 fully saturated rings. The third-order valence-corrected chi connectivity index (χ3v) is 4.73. The zero-order valence-electron chi connectivity index (χ0n) is 10.3.